The molecule has 1 aromatic rings. The number of hydrogen-bond donors (Lipinski definition) is 2. The molecule has 4 heteroatoms. The number of rotatable bonds is 4. The molecule has 0 spiro atoms. The average Bonchev–Trinajstić information content (AvgIpc) is 2.83. The second-order valence-electron chi connectivity index (χ2n) is 4.15. The van der Waals surface area contributed by atoms with Crippen molar-refractivity contribution >= 4 is 11.8 Å². The van der Waals surface area contributed by atoms with E-state index in [4.69, 9.17) is 0 Å². The molecule has 3 nitrogen and oxygen atoms in total. The minimum absolute atomic E-state index is 0.697. The highest BCUT2D eigenvalue weighted by atomic mass is 32.2. The molecule has 1 aromatic heterocycles. The smallest absolute Gasteiger partial charge is 0.165 e. The van der Waals surface area contributed by atoms with Gasteiger partial charge in [-0.05, 0) is 25.3 Å². The van der Waals surface area contributed by atoms with Gasteiger partial charge >= 0.3 is 0 Å². The van der Waals surface area contributed by atoms with Crippen molar-refractivity contribution in [3.8, 4) is 0 Å². The lowest BCUT2D eigenvalue weighted by Gasteiger charge is -2.20. The summed E-state index contributed by atoms with van der Waals surface area (Å²) >= 11 is 1.89. The van der Waals surface area contributed by atoms with Crippen LogP contribution in [0.3, 0.4) is 0 Å². The fourth-order valence-electron chi connectivity index (χ4n) is 2.30. The SMILES string of the molecule is CCNC1CCC(Sc2ncc[nH]2)C1C. The van der Waals surface area contributed by atoms with Crippen LogP contribution in [0.5, 0.6) is 0 Å². The van der Waals surface area contributed by atoms with Gasteiger partial charge in [-0.15, -0.1) is 0 Å². The minimum Gasteiger partial charge on any atom is -0.340 e. The van der Waals surface area contributed by atoms with Crippen molar-refractivity contribution in [1.29, 1.82) is 0 Å². The van der Waals surface area contributed by atoms with Crippen molar-refractivity contribution in [2.75, 3.05) is 6.54 Å². The van der Waals surface area contributed by atoms with Gasteiger partial charge in [0, 0.05) is 23.7 Å². The van der Waals surface area contributed by atoms with Crippen LogP contribution in [0.4, 0.5) is 0 Å². The molecular formula is C11H19N3S. The lowest BCUT2D eigenvalue weighted by molar-refractivity contribution is 0.441. The van der Waals surface area contributed by atoms with Crippen LogP contribution in [0.15, 0.2) is 17.6 Å². The fraction of sp³-hybridized carbons (Fsp3) is 0.727. The second-order valence-corrected chi connectivity index (χ2v) is 5.38. The number of imidazole rings is 1. The van der Waals surface area contributed by atoms with Crippen molar-refractivity contribution in [2.45, 2.75) is 43.1 Å². The van der Waals surface area contributed by atoms with Gasteiger partial charge in [-0.3, -0.25) is 0 Å². The van der Waals surface area contributed by atoms with E-state index in [-0.39, 0.29) is 0 Å². The van der Waals surface area contributed by atoms with E-state index in [2.05, 4.69) is 29.1 Å². The van der Waals surface area contributed by atoms with Gasteiger partial charge in [-0.2, -0.15) is 0 Å². The van der Waals surface area contributed by atoms with E-state index in [1.807, 2.05) is 24.2 Å². The summed E-state index contributed by atoms with van der Waals surface area (Å²) in [7, 11) is 0. The van der Waals surface area contributed by atoms with Gasteiger partial charge in [0.2, 0.25) is 0 Å². The second kappa shape index (κ2) is 5.03. The Morgan fingerprint density at radius 2 is 2.47 bits per heavy atom. The summed E-state index contributed by atoms with van der Waals surface area (Å²) in [5.74, 6) is 0.736. The van der Waals surface area contributed by atoms with Crippen molar-refractivity contribution in [1.82, 2.24) is 15.3 Å². The third-order valence-electron chi connectivity index (χ3n) is 3.19. The third kappa shape index (κ3) is 2.55. The van der Waals surface area contributed by atoms with Crippen LogP contribution in [-0.4, -0.2) is 27.8 Å². The lowest BCUT2D eigenvalue weighted by Crippen LogP contribution is -2.33. The first-order chi connectivity index (χ1) is 7.31. The quantitative estimate of drug-likeness (QED) is 0.826. The summed E-state index contributed by atoms with van der Waals surface area (Å²) in [4.78, 5) is 7.44. The molecule has 3 atom stereocenters. The fourth-order valence-corrected chi connectivity index (χ4v) is 3.51. The van der Waals surface area contributed by atoms with E-state index in [1.165, 1.54) is 12.8 Å². The Morgan fingerprint density at radius 3 is 3.13 bits per heavy atom. The Labute approximate surface area is 95.4 Å². The number of nitrogens with zero attached hydrogens (tertiary/aromatic N) is 1. The first-order valence-electron chi connectivity index (χ1n) is 5.70. The molecular weight excluding hydrogens is 206 g/mol. The van der Waals surface area contributed by atoms with Gasteiger partial charge in [0.05, 0.1) is 0 Å². The molecule has 2 rings (SSSR count). The van der Waals surface area contributed by atoms with Crippen LogP contribution in [0.25, 0.3) is 0 Å². The summed E-state index contributed by atoms with van der Waals surface area (Å²) in [6.45, 7) is 5.60. The van der Waals surface area contributed by atoms with E-state index in [0.717, 1.165) is 17.6 Å². The molecule has 0 radical (unpaired) electrons. The molecule has 1 saturated carbocycles. The van der Waals surface area contributed by atoms with E-state index in [9.17, 15) is 0 Å². The highest BCUT2D eigenvalue weighted by Gasteiger charge is 2.33. The number of aromatic amines is 1. The highest BCUT2D eigenvalue weighted by Crippen LogP contribution is 2.37. The molecule has 0 amide bonds. The van der Waals surface area contributed by atoms with Gasteiger partial charge in [0.1, 0.15) is 0 Å². The van der Waals surface area contributed by atoms with E-state index in [1.54, 1.807) is 0 Å². The first kappa shape index (κ1) is 11.0. The molecule has 0 aromatic carbocycles. The van der Waals surface area contributed by atoms with Crippen LogP contribution in [0.1, 0.15) is 26.7 Å². The maximum absolute atomic E-state index is 4.27. The standard InChI is InChI=1S/C11H19N3S/c1-3-12-9-4-5-10(8(9)2)15-11-13-6-7-14-11/h6-10,12H,3-5H2,1-2H3,(H,13,14). The number of nitrogens with one attached hydrogen (secondary N) is 2. The van der Waals surface area contributed by atoms with E-state index < -0.39 is 0 Å². The molecule has 1 fully saturated rings. The average molecular weight is 225 g/mol. The Balaban J connectivity index is 1.89. The van der Waals surface area contributed by atoms with Crippen molar-refractivity contribution < 1.29 is 0 Å². The van der Waals surface area contributed by atoms with E-state index >= 15 is 0 Å². The van der Waals surface area contributed by atoms with Gasteiger partial charge in [-0.1, -0.05) is 25.6 Å². The predicted molar refractivity (Wildman–Crippen MR) is 64.1 cm³/mol. The summed E-state index contributed by atoms with van der Waals surface area (Å²) in [5.41, 5.74) is 0. The van der Waals surface area contributed by atoms with Crippen molar-refractivity contribution in [3.05, 3.63) is 12.4 Å². The lowest BCUT2D eigenvalue weighted by atomic mass is 10.1. The molecule has 0 aliphatic heterocycles. The van der Waals surface area contributed by atoms with Crippen LogP contribution in [-0.2, 0) is 0 Å². The number of hydrogen-bond acceptors (Lipinski definition) is 3. The highest BCUT2D eigenvalue weighted by molar-refractivity contribution is 7.99. The molecule has 1 aliphatic carbocycles. The van der Waals surface area contributed by atoms with Crippen LogP contribution < -0.4 is 5.32 Å². The minimum atomic E-state index is 0.697. The molecule has 0 bridgehead atoms. The number of aromatic nitrogens is 2. The molecule has 3 unspecified atom stereocenters. The molecule has 84 valence electrons. The molecule has 0 saturated heterocycles. The largest absolute Gasteiger partial charge is 0.340 e. The Morgan fingerprint density at radius 1 is 1.60 bits per heavy atom. The monoisotopic (exact) mass is 225 g/mol. The van der Waals surface area contributed by atoms with Crippen molar-refractivity contribution in [2.24, 2.45) is 5.92 Å². The molecule has 1 heterocycles. The van der Waals surface area contributed by atoms with Gasteiger partial charge < -0.3 is 10.3 Å². The molecule has 1 aliphatic rings. The van der Waals surface area contributed by atoms with Crippen LogP contribution in [0, 0.1) is 5.92 Å². The van der Waals surface area contributed by atoms with Gasteiger partial charge in [-0.25, -0.2) is 4.98 Å². The normalized spacial score (nSPS) is 30.9. The Kier molecular flexibility index (Phi) is 3.70. The zero-order valence-electron chi connectivity index (χ0n) is 9.36. The molecule has 2 N–H and O–H groups in total. The number of H-pyrrole nitrogens is 1. The van der Waals surface area contributed by atoms with Gasteiger partial charge in [0.25, 0.3) is 0 Å². The summed E-state index contributed by atoms with van der Waals surface area (Å²) in [6, 6.07) is 0.697. The number of thioether (sulfide) groups is 1. The van der Waals surface area contributed by atoms with E-state index in [0.29, 0.717) is 11.3 Å². The third-order valence-corrected chi connectivity index (χ3v) is 4.60. The zero-order chi connectivity index (χ0) is 10.7. The summed E-state index contributed by atoms with van der Waals surface area (Å²) in [5, 5.41) is 5.33. The first-order valence-corrected chi connectivity index (χ1v) is 6.58. The predicted octanol–water partition coefficient (Wildman–Crippen LogP) is 2.28. The summed E-state index contributed by atoms with van der Waals surface area (Å²) < 4.78 is 0. The Hall–Kier alpha value is -0.480. The Bertz CT molecular complexity index is 286. The maximum Gasteiger partial charge on any atom is 0.165 e. The zero-order valence-corrected chi connectivity index (χ0v) is 10.2. The van der Waals surface area contributed by atoms with Gasteiger partial charge in [0.15, 0.2) is 5.16 Å². The maximum atomic E-state index is 4.27. The van der Waals surface area contributed by atoms with Crippen molar-refractivity contribution in [3.63, 3.8) is 0 Å². The summed E-state index contributed by atoms with van der Waals surface area (Å²) in [6.07, 6.45) is 6.31. The topological polar surface area (TPSA) is 40.7 Å². The molecule has 15 heavy (non-hydrogen) atoms. The van der Waals surface area contributed by atoms with Crippen LogP contribution in [0.2, 0.25) is 0 Å². The van der Waals surface area contributed by atoms with Crippen LogP contribution >= 0.6 is 11.8 Å².